The molecule has 0 unspecified atom stereocenters. The summed E-state index contributed by atoms with van der Waals surface area (Å²) < 4.78 is 0. The van der Waals surface area contributed by atoms with E-state index < -0.39 is 0 Å². The highest BCUT2D eigenvalue weighted by atomic mass is 35.5. The molecule has 0 amide bonds. The van der Waals surface area contributed by atoms with E-state index in [0.29, 0.717) is 5.41 Å². The highest BCUT2D eigenvalue weighted by Gasteiger charge is 2.56. The summed E-state index contributed by atoms with van der Waals surface area (Å²) in [5, 5.41) is 2.11. The molecule has 1 aromatic heterocycles. The topological polar surface area (TPSA) is 12.4 Å². The van der Waals surface area contributed by atoms with Gasteiger partial charge in [-0.15, -0.1) is 22.9 Å². The van der Waals surface area contributed by atoms with E-state index in [4.69, 9.17) is 16.6 Å². The van der Waals surface area contributed by atoms with Crippen LogP contribution in [0.3, 0.4) is 0 Å². The van der Waals surface area contributed by atoms with Crippen molar-refractivity contribution >= 4 is 29.2 Å². The number of rotatable bonds is 3. The normalized spacial score (nSPS) is 44.3. The summed E-state index contributed by atoms with van der Waals surface area (Å²) >= 11 is 8.61. The van der Waals surface area contributed by atoms with Crippen molar-refractivity contribution in [2.45, 2.75) is 43.4 Å². The van der Waals surface area contributed by atoms with Gasteiger partial charge in [-0.2, -0.15) is 0 Å². The van der Waals surface area contributed by atoms with E-state index in [1.165, 1.54) is 43.4 Å². The molecule has 0 aromatic carbocycles. The van der Waals surface area contributed by atoms with Gasteiger partial charge in [-0.3, -0.25) is 4.99 Å². The molecular weight excluding hydrogens is 274 g/mol. The Bertz CT molecular complexity index is 479. The van der Waals surface area contributed by atoms with Crippen molar-refractivity contribution in [1.82, 2.24) is 0 Å². The Hall–Kier alpha value is -0.340. The molecule has 4 saturated carbocycles. The molecule has 1 nitrogen and oxygen atoms in total. The molecule has 19 heavy (non-hydrogen) atoms. The zero-order valence-corrected chi connectivity index (χ0v) is 12.7. The van der Waals surface area contributed by atoms with Crippen molar-refractivity contribution in [3.63, 3.8) is 0 Å². The first-order valence-corrected chi connectivity index (χ1v) is 8.63. The van der Waals surface area contributed by atoms with Gasteiger partial charge < -0.3 is 0 Å². The van der Waals surface area contributed by atoms with Crippen molar-refractivity contribution in [1.29, 1.82) is 0 Å². The van der Waals surface area contributed by atoms with E-state index in [2.05, 4.69) is 23.7 Å². The Labute approximate surface area is 124 Å². The monoisotopic (exact) mass is 293 g/mol. The lowest BCUT2D eigenvalue weighted by atomic mass is 9.49. The molecule has 4 aliphatic rings. The van der Waals surface area contributed by atoms with Gasteiger partial charge in [0, 0.05) is 22.5 Å². The lowest BCUT2D eigenvalue weighted by Crippen LogP contribution is -2.54. The fraction of sp³-hybridized carbons (Fsp3) is 0.688. The van der Waals surface area contributed by atoms with Crippen LogP contribution in [0.1, 0.15) is 43.4 Å². The van der Waals surface area contributed by atoms with Gasteiger partial charge in [0.2, 0.25) is 0 Å². The summed E-state index contributed by atoms with van der Waals surface area (Å²) in [6.45, 7) is 0.992. The van der Waals surface area contributed by atoms with Crippen molar-refractivity contribution in [2.75, 3.05) is 6.54 Å². The molecule has 4 bridgehead atoms. The van der Waals surface area contributed by atoms with Crippen molar-refractivity contribution in [3.8, 4) is 0 Å². The molecule has 0 N–H and O–H groups in total. The molecule has 4 aliphatic carbocycles. The molecule has 2 atom stereocenters. The number of hydrogen-bond acceptors (Lipinski definition) is 2. The van der Waals surface area contributed by atoms with Crippen LogP contribution in [-0.2, 0) is 0 Å². The van der Waals surface area contributed by atoms with Crippen LogP contribution >= 0.6 is 22.9 Å². The summed E-state index contributed by atoms with van der Waals surface area (Å²) in [7, 11) is 0. The predicted octanol–water partition coefficient (Wildman–Crippen LogP) is 4.74. The van der Waals surface area contributed by atoms with Crippen molar-refractivity contribution in [2.24, 2.45) is 22.2 Å². The maximum Gasteiger partial charge on any atom is 0.0458 e. The van der Waals surface area contributed by atoms with Gasteiger partial charge in [0.25, 0.3) is 0 Å². The number of alkyl halides is 1. The quantitative estimate of drug-likeness (QED) is 0.563. The lowest BCUT2D eigenvalue weighted by molar-refractivity contribution is -0.0336. The van der Waals surface area contributed by atoms with E-state index >= 15 is 0 Å². The first-order valence-electron chi connectivity index (χ1n) is 7.37. The molecule has 3 heteroatoms. The van der Waals surface area contributed by atoms with Gasteiger partial charge in [-0.25, -0.2) is 0 Å². The molecule has 0 aliphatic heterocycles. The summed E-state index contributed by atoms with van der Waals surface area (Å²) in [5.74, 6) is 1.77. The largest absolute Gasteiger partial charge is 0.291 e. The van der Waals surface area contributed by atoms with E-state index in [0.717, 1.165) is 18.4 Å². The molecule has 0 radical (unpaired) electrons. The molecule has 102 valence electrons. The number of nitrogens with zero attached hydrogens (tertiary/aromatic N) is 1. The van der Waals surface area contributed by atoms with Crippen LogP contribution in [0.5, 0.6) is 0 Å². The van der Waals surface area contributed by atoms with E-state index in [-0.39, 0.29) is 4.87 Å². The standard InChI is InChI=1S/C16H20ClNS/c17-16-7-12-4-13(8-16)6-15(5-12,10-16)11-18-9-14-2-1-3-19-14/h1-3,9,12-13H,4-8,10-11H2/t12-,13-,15?,16?/m1/s1. The SMILES string of the molecule is ClC12C[C@@H]3C[C@@H](C1)CC(CN=Cc1cccs1)(C3)C2. The van der Waals surface area contributed by atoms with Gasteiger partial charge in [0.15, 0.2) is 0 Å². The smallest absolute Gasteiger partial charge is 0.0458 e. The fourth-order valence-electron chi connectivity index (χ4n) is 5.21. The molecule has 1 heterocycles. The van der Waals surface area contributed by atoms with Crippen LogP contribution in [-0.4, -0.2) is 17.6 Å². The fourth-order valence-corrected chi connectivity index (χ4v) is 6.54. The van der Waals surface area contributed by atoms with Crippen LogP contribution < -0.4 is 0 Å². The van der Waals surface area contributed by atoms with E-state index in [9.17, 15) is 0 Å². The molecule has 1 aromatic rings. The minimum absolute atomic E-state index is 0.128. The van der Waals surface area contributed by atoms with Gasteiger partial charge in [-0.05, 0) is 67.2 Å². The molecule has 0 saturated heterocycles. The molecule has 0 spiro atoms. The highest BCUT2D eigenvalue weighted by molar-refractivity contribution is 7.11. The van der Waals surface area contributed by atoms with E-state index in [1.807, 2.05) is 0 Å². The average Bonchev–Trinajstić information content (AvgIpc) is 2.78. The number of aliphatic imine (C=N–C) groups is 1. The summed E-state index contributed by atoms with van der Waals surface area (Å²) in [6.07, 6.45) is 9.98. The molecule has 4 fully saturated rings. The molecule has 5 rings (SSSR count). The van der Waals surface area contributed by atoms with Crippen molar-refractivity contribution in [3.05, 3.63) is 22.4 Å². The first-order chi connectivity index (χ1) is 9.15. The highest BCUT2D eigenvalue weighted by Crippen LogP contribution is 2.63. The zero-order valence-electron chi connectivity index (χ0n) is 11.1. The zero-order chi connectivity index (χ0) is 12.9. The van der Waals surface area contributed by atoms with Gasteiger partial charge in [0.05, 0.1) is 0 Å². The van der Waals surface area contributed by atoms with Gasteiger partial charge in [-0.1, -0.05) is 6.07 Å². The minimum Gasteiger partial charge on any atom is -0.291 e. The Kier molecular flexibility index (Phi) is 2.82. The Morgan fingerprint density at radius 2 is 2.11 bits per heavy atom. The number of hydrogen-bond donors (Lipinski definition) is 0. The van der Waals surface area contributed by atoms with Crippen LogP contribution in [0.2, 0.25) is 0 Å². The minimum atomic E-state index is 0.128. The third-order valence-electron chi connectivity index (χ3n) is 5.30. The summed E-state index contributed by atoms with van der Waals surface area (Å²) in [4.78, 5) is 6.16. The second-order valence-electron chi connectivity index (χ2n) is 7.10. The third-order valence-corrected chi connectivity index (χ3v) is 6.55. The van der Waals surface area contributed by atoms with Crippen LogP contribution in [0.4, 0.5) is 0 Å². The van der Waals surface area contributed by atoms with Crippen LogP contribution in [0.25, 0.3) is 0 Å². The average molecular weight is 294 g/mol. The number of thiophene rings is 1. The third kappa shape index (κ3) is 2.27. The van der Waals surface area contributed by atoms with E-state index in [1.54, 1.807) is 11.3 Å². The summed E-state index contributed by atoms with van der Waals surface area (Å²) in [6, 6.07) is 4.22. The van der Waals surface area contributed by atoms with Crippen LogP contribution in [0, 0.1) is 17.3 Å². The van der Waals surface area contributed by atoms with Gasteiger partial charge in [0.1, 0.15) is 0 Å². The first kappa shape index (κ1) is 12.4. The lowest BCUT2D eigenvalue weighted by Gasteiger charge is -2.59. The Morgan fingerprint density at radius 3 is 2.74 bits per heavy atom. The molecular formula is C16H20ClNS. The second-order valence-corrected chi connectivity index (χ2v) is 8.88. The van der Waals surface area contributed by atoms with Crippen molar-refractivity contribution < 1.29 is 0 Å². The summed E-state index contributed by atoms with van der Waals surface area (Å²) in [5.41, 5.74) is 0.430. The maximum atomic E-state index is 6.85. The Balaban J connectivity index is 1.51. The Morgan fingerprint density at radius 1 is 1.32 bits per heavy atom. The predicted molar refractivity (Wildman–Crippen MR) is 82.5 cm³/mol. The van der Waals surface area contributed by atoms with Crippen LogP contribution in [0.15, 0.2) is 22.5 Å². The van der Waals surface area contributed by atoms with Gasteiger partial charge >= 0.3 is 0 Å². The number of halogens is 1. The maximum absolute atomic E-state index is 6.85. The second kappa shape index (κ2) is 4.33.